The zero-order valence-electron chi connectivity index (χ0n) is 15.6. The molecule has 0 unspecified atom stereocenters. The van der Waals surface area contributed by atoms with Crippen molar-refractivity contribution in [1.29, 1.82) is 0 Å². The summed E-state index contributed by atoms with van der Waals surface area (Å²) in [5.41, 5.74) is 1.91. The van der Waals surface area contributed by atoms with Gasteiger partial charge < -0.3 is 0 Å². The Kier molecular flexibility index (Phi) is 3.78. The largest absolute Gasteiger partial charge is 0.292 e. The molecule has 2 aromatic rings. The van der Waals surface area contributed by atoms with Crippen LogP contribution in [-0.2, 0) is 14.9 Å². The van der Waals surface area contributed by atoms with E-state index in [1.165, 1.54) is 0 Å². The van der Waals surface area contributed by atoms with Crippen LogP contribution in [0.5, 0.6) is 0 Å². The molecule has 0 aromatic heterocycles. The molecule has 2 heterocycles. The summed E-state index contributed by atoms with van der Waals surface area (Å²) in [7, 11) is -1.64. The van der Waals surface area contributed by atoms with Gasteiger partial charge in [-0.3, -0.25) is 4.84 Å². The lowest BCUT2D eigenvalue weighted by Crippen LogP contribution is -2.38. The average Bonchev–Trinajstić information content (AvgIpc) is 3.22. The molecule has 27 heavy (non-hydrogen) atoms. The average molecular weight is 385 g/mol. The highest BCUT2D eigenvalue weighted by atomic mass is 32.2. The minimum absolute atomic E-state index is 0.0372. The second-order valence-electron chi connectivity index (χ2n) is 8.04. The third-order valence-electron chi connectivity index (χ3n) is 6.36. The van der Waals surface area contributed by atoms with Gasteiger partial charge in [0.25, 0.3) is 0 Å². The molecule has 0 amide bonds. The lowest BCUT2D eigenvalue weighted by atomic mass is 9.90. The van der Waals surface area contributed by atoms with Crippen molar-refractivity contribution >= 4 is 10.0 Å². The number of fused-ring (bicyclic) bond motifs is 2. The van der Waals surface area contributed by atoms with E-state index in [0.717, 1.165) is 24.0 Å². The minimum Gasteiger partial charge on any atom is -0.292 e. The zero-order valence-corrected chi connectivity index (χ0v) is 16.4. The number of aryl methyl sites for hydroxylation is 1. The van der Waals surface area contributed by atoms with Crippen LogP contribution in [0.4, 0.5) is 0 Å². The summed E-state index contributed by atoms with van der Waals surface area (Å²) in [6.07, 6.45) is 2.02. The normalized spacial score (nSPS) is 29.9. The Labute approximate surface area is 160 Å². The Morgan fingerprint density at radius 2 is 1.70 bits per heavy atom. The van der Waals surface area contributed by atoms with E-state index in [1.807, 2.05) is 61.5 Å². The van der Waals surface area contributed by atoms with E-state index < -0.39 is 10.0 Å². The van der Waals surface area contributed by atoms with Crippen molar-refractivity contribution < 1.29 is 13.3 Å². The van der Waals surface area contributed by atoms with Gasteiger partial charge in [0.15, 0.2) is 0 Å². The van der Waals surface area contributed by atoms with Crippen molar-refractivity contribution in [3.8, 4) is 0 Å². The first-order chi connectivity index (χ1) is 12.9. The van der Waals surface area contributed by atoms with Gasteiger partial charge in [-0.15, -0.1) is 0 Å². The molecule has 1 saturated carbocycles. The summed E-state index contributed by atoms with van der Waals surface area (Å²) in [6.45, 7) is 2.47. The van der Waals surface area contributed by atoms with Gasteiger partial charge in [0.2, 0.25) is 10.0 Å². The Bertz CT molecular complexity index is 955. The fraction of sp³-hybridized carbons (Fsp3) is 0.429. The molecule has 3 aliphatic rings. The highest BCUT2D eigenvalue weighted by Gasteiger charge is 2.67. The summed E-state index contributed by atoms with van der Waals surface area (Å²) in [5.74, 6) is 0.202. The van der Waals surface area contributed by atoms with Crippen LogP contribution >= 0.6 is 0 Å². The third kappa shape index (κ3) is 2.58. The van der Waals surface area contributed by atoms with E-state index in [9.17, 15) is 8.42 Å². The second-order valence-corrected chi connectivity index (χ2v) is 9.93. The third-order valence-corrected chi connectivity index (χ3v) is 8.22. The number of likely N-dealkylation sites (N-methyl/N-ethyl adjacent to an activating group) is 1. The first-order valence-electron chi connectivity index (χ1n) is 9.48. The van der Waals surface area contributed by atoms with Gasteiger partial charge in [-0.25, -0.2) is 8.42 Å². The van der Waals surface area contributed by atoms with Gasteiger partial charge in [0, 0.05) is 19.5 Å². The van der Waals surface area contributed by atoms with Crippen molar-refractivity contribution in [3.63, 3.8) is 0 Å². The smallest absolute Gasteiger partial charge is 0.243 e. The molecular formula is C21H24N2O3S. The van der Waals surface area contributed by atoms with E-state index in [0.29, 0.717) is 11.4 Å². The molecule has 1 aliphatic carbocycles. The number of hydrogen-bond donors (Lipinski definition) is 0. The number of rotatable bonds is 3. The molecule has 2 aromatic carbocycles. The molecule has 0 bridgehead atoms. The summed E-state index contributed by atoms with van der Waals surface area (Å²) in [5, 5.41) is 1.92. The zero-order chi connectivity index (χ0) is 18.8. The lowest BCUT2D eigenvalue weighted by Gasteiger charge is -2.30. The molecule has 5 rings (SSSR count). The molecule has 1 spiro atoms. The van der Waals surface area contributed by atoms with E-state index in [-0.39, 0.29) is 23.6 Å². The molecule has 3 atom stereocenters. The van der Waals surface area contributed by atoms with Gasteiger partial charge >= 0.3 is 0 Å². The highest BCUT2D eigenvalue weighted by molar-refractivity contribution is 7.89. The van der Waals surface area contributed by atoms with Gasteiger partial charge in [0.05, 0.1) is 22.6 Å². The summed E-state index contributed by atoms with van der Waals surface area (Å²) >= 11 is 0. The van der Waals surface area contributed by atoms with E-state index in [1.54, 1.807) is 16.4 Å². The van der Waals surface area contributed by atoms with Crippen LogP contribution in [0.15, 0.2) is 59.5 Å². The molecule has 0 N–H and O–H groups in total. The maximum absolute atomic E-state index is 13.6. The Morgan fingerprint density at radius 3 is 2.33 bits per heavy atom. The first-order valence-corrected chi connectivity index (χ1v) is 10.9. The molecule has 142 valence electrons. The summed E-state index contributed by atoms with van der Waals surface area (Å²) < 4.78 is 28.8. The SMILES string of the molecule is Cc1ccc(S(=O)(=O)N2C[C@@H]3[C@H]([C@@H]2c2ccccc2)N(C)OC32CC2)cc1. The predicted molar refractivity (Wildman–Crippen MR) is 102 cm³/mol. The molecule has 3 fully saturated rings. The summed E-state index contributed by atoms with van der Waals surface area (Å²) in [4.78, 5) is 6.54. The van der Waals surface area contributed by atoms with Gasteiger partial charge in [-0.05, 0) is 37.5 Å². The fourth-order valence-electron chi connectivity index (χ4n) is 4.84. The number of nitrogens with zero attached hydrogens (tertiary/aromatic N) is 2. The Balaban J connectivity index is 1.61. The monoisotopic (exact) mass is 384 g/mol. The number of hydrogen-bond acceptors (Lipinski definition) is 4. The van der Waals surface area contributed by atoms with Crippen molar-refractivity contribution in [3.05, 3.63) is 65.7 Å². The lowest BCUT2D eigenvalue weighted by molar-refractivity contribution is -0.163. The summed E-state index contributed by atoms with van der Waals surface area (Å²) in [6, 6.07) is 16.9. The van der Waals surface area contributed by atoms with Gasteiger partial charge in [-0.1, -0.05) is 48.0 Å². The molecule has 0 radical (unpaired) electrons. The van der Waals surface area contributed by atoms with E-state index in [4.69, 9.17) is 4.84 Å². The first kappa shape index (κ1) is 17.4. The fourth-order valence-corrected chi connectivity index (χ4v) is 6.50. The van der Waals surface area contributed by atoms with Crippen molar-refractivity contribution in [1.82, 2.24) is 9.37 Å². The predicted octanol–water partition coefficient (Wildman–Crippen LogP) is 3.14. The van der Waals surface area contributed by atoms with E-state index >= 15 is 0 Å². The number of sulfonamides is 1. The molecule has 2 aliphatic heterocycles. The van der Waals surface area contributed by atoms with Crippen molar-refractivity contribution in [2.24, 2.45) is 5.92 Å². The highest BCUT2D eigenvalue weighted by Crippen LogP contribution is 2.60. The van der Waals surface area contributed by atoms with Crippen LogP contribution in [0.2, 0.25) is 0 Å². The minimum atomic E-state index is -3.59. The van der Waals surface area contributed by atoms with Crippen LogP contribution in [0.1, 0.15) is 30.0 Å². The number of benzene rings is 2. The van der Waals surface area contributed by atoms with Crippen molar-refractivity contribution in [2.45, 2.75) is 42.3 Å². The van der Waals surface area contributed by atoms with Crippen LogP contribution in [-0.4, -0.2) is 43.0 Å². The van der Waals surface area contributed by atoms with E-state index in [2.05, 4.69) is 0 Å². The standard InChI is InChI=1S/C21H24N2O3S/c1-15-8-10-17(11-9-15)27(24,25)23-14-18-20(22(2)26-21(18)12-13-21)19(23)16-6-4-3-5-7-16/h3-11,18-20H,12-14H2,1-2H3/t18-,19+,20-/m1/s1. The van der Waals surface area contributed by atoms with Gasteiger partial charge in [-0.2, -0.15) is 9.37 Å². The van der Waals surface area contributed by atoms with Crippen LogP contribution in [0, 0.1) is 12.8 Å². The molecular weight excluding hydrogens is 360 g/mol. The molecule has 5 nitrogen and oxygen atoms in total. The molecule has 2 saturated heterocycles. The second kappa shape index (κ2) is 5.88. The number of hydroxylamine groups is 2. The Morgan fingerprint density at radius 1 is 1.04 bits per heavy atom. The van der Waals surface area contributed by atoms with Crippen molar-refractivity contribution in [2.75, 3.05) is 13.6 Å². The van der Waals surface area contributed by atoms with Crippen LogP contribution in [0.3, 0.4) is 0 Å². The maximum Gasteiger partial charge on any atom is 0.243 e. The topological polar surface area (TPSA) is 49.9 Å². The molecule has 6 heteroatoms. The van der Waals surface area contributed by atoms with Crippen LogP contribution in [0.25, 0.3) is 0 Å². The van der Waals surface area contributed by atoms with Gasteiger partial charge in [0.1, 0.15) is 0 Å². The quantitative estimate of drug-likeness (QED) is 0.816. The maximum atomic E-state index is 13.6. The Hall–Kier alpha value is -1.73. The van der Waals surface area contributed by atoms with Crippen LogP contribution < -0.4 is 0 Å².